The van der Waals surface area contributed by atoms with Crippen LogP contribution in [0.3, 0.4) is 0 Å². The standard InChI is InChI=1S/C19H18N4O6/c1-27-14-7-4-12(10-22-14)15-16(29-18(23-15)17(20)24)11-2-5-13(6-3-11)28-9-8-21-19(25)26/h2-7,10,21H,8-9H2,1H3,(H2,20,24)(H,25,26). The first-order valence-electron chi connectivity index (χ1n) is 8.49. The van der Waals surface area contributed by atoms with Crippen molar-refractivity contribution < 1.29 is 28.6 Å². The molecule has 0 aliphatic rings. The lowest BCUT2D eigenvalue weighted by Gasteiger charge is -2.07. The van der Waals surface area contributed by atoms with E-state index in [2.05, 4.69) is 15.3 Å². The van der Waals surface area contributed by atoms with Crippen molar-refractivity contribution in [2.45, 2.75) is 0 Å². The molecule has 1 aromatic carbocycles. The van der Waals surface area contributed by atoms with Crippen molar-refractivity contribution in [3.05, 3.63) is 48.5 Å². The van der Waals surface area contributed by atoms with Crippen LogP contribution in [0.5, 0.6) is 11.6 Å². The molecule has 4 N–H and O–H groups in total. The third-order valence-corrected chi connectivity index (χ3v) is 3.82. The first kappa shape index (κ1) is 19.7. The van der Waals surface area contributed by atoms with E-state index < -0.39 is 12.0 Å². The molecule has 0 saturated carbocycles. The maximum Gasteiger partial charge on any atom is 0.404 e. The van der Waals surface area contributed by atoms with Crippen LogP contribution in [-0.2, 0) is 0 Å². The Morgan fingerprint density at radius 1 is 1.17 bits per heavy atom. The Hall–Kier alpha value is -4.08. The van der Waals surface area contributed by atoms with Gasteiger partial charge in [0, 0.05) is 23.4 Å². The number of nitrogens with two attached hydrogens (primary N) is 1. The molecule has 10 heteroatoms. The number of aromatic nitrogens is 2. The number of oxazole rings is 1. The monoisotopic (exact) mass is 398 g/mol. The molecule has 0 unspecified atom stereocenters. The molecule has 10 nitrogen and oxygen atoms in total. The molecule has 0 atom stereocenters. The van der Waals surface area contributed by atoms with Crippen LogP contribution in [0.1, 0.15) is 10.7 Å². The highest BCUT2D eigenvalue weighted by Gasteiger charge is 2.20. The number of pyridine rings is 1. The number of carbonyl (C=O) groups is 2. The summed E-state index contributed by atoms with van der Waals surface area (Å²) in [5.74, 6) is 0.330. The Labute approximate surface area is 165 Å². The highest BCUT2D eigenvalue weighted by Crippen LogP contribution is 2.33. The second kappa shape index (κ2) is 8.74. The summed E-state index contributed by atoms with van der Waals surface area (Å²) in [5.41, 5.74) is 6.99. The molecule has 0 saturated heterocycles. The smallest absolute Gasteiger partial charge is 0.404 e. The van der Waals surface area contributed by atoms with Gasteiger partial charge in [0.05, 0.1) is 13.7 Å². The van der Waals surface area contributed by atoms with Crippen molar-refractivity contribution in [1.82, 2.24) is 15.3 Å². The van der Waals surface area contributed by atoms with Crippen LogP contribution in [-0.4, -0.2) is 47.3 Å². The lowest BCUT2D eigenvalue weighted by atomic mass is 10.1. The van der Waals surface area contributed by atoms with Gasteiger partial charge in [-0.1, -0.05) is 0 Å². The number of carbonyl (C=O) groups excluding carboxylic acids is 1. The number of primary amides is 1. The SMILES string of the molecule is COc1ccc(-c2nc(C(N)=O)oc2-c2ccc(OCCNC(=O)O)cc2)cn1. The first-order valence-corrected chi connectivity index (χ1v) is 8.49. The minimum absolute atomic E-state index is 0.162. The molecule has 2 aromatic heterocycles. The topological polar surface area (TPSA) is 150 Å². The summed E-state index contributed by atoms with van der Waals surface area (Å²) in [7, 11) is 1.51. The van der Waals surface area contributed by atoms with Crippen LogP contribution in [0.2, 0.25) is 0 Å². The number of rotatable bonds is 8. The van der Waals surface area contributed by atoms with Crippen LogP contribution in [0, 0.1) is 0 Å². The molecule has 0 spiro atoms. The summed E-state index contributed by atoms with van der Waals surface area (Å²) in [6.45, 7) is 0.346. The van der Waals surface area contributed by atoms with Crippen molar-refractivity contribution >= 4 is 12.0 Å². The summed E-state index contributed by atoms with van der Waals surface area (Å²) >= 11 is 0. The molecule has 29 heavy (non-hydrogen) atoms. The van der Waals surface area contributed by atoms with E-state index in [1.165, 1.54) is 7.11 Å². The fourth-order valence-electron chi connectivity index (χ4n) is 2.49. The minimum atomic E-state index is -1.11. The van der Waals surface area contributed by atoms with E-state index in [1.807, 2.05) is 0 Å². The largest absolute Gasteiger partial charge is 0.492 e. The van der Waals surface area contributed by atoms with Gasteiger partial charge in [0.1, 0.15) is 18.1 Å². The fourth-order valence-corrected chi connectivity index (χ4v) is 2.49. The average Bonchev–Trinajstić information content (AvgIpc) is 3.17. The van der Waals surface area contributed by atoms with Gasteiger partial charge in [0.15, 0.2) is 5.76 Å². The zero-order valence-electron chi connectivity index (χ0n) is 15.4. The fraction of sp³-hybridized carbons (Fsp3) is 0.158. The van der Waals surface area contributed by atoms with Crippen LogP contribution in [0.25, 0.3) is 22.6 Å². The van der Waals surface area contributed by atoms with E-state index in [9.17, 15) is 9.59 Å². The lowest BCUT2D eigenvalue weighted by molar-refractivity contribution is 0.0968. The molecule has 3 rings (SSSR count). The average molecular weight is 398 g/mol. The number of methoxy groups -OCH3 is 1. The van der Waals surface area contributed by atoms with Gasteiger partial charge in [-0.3, -0.25) is 4.79 Å². The van der Waals surface area contributed by atoms with Gasteiger partial charge in [-0.25, -0.2) is 14.8 Å². The Balaban J connectivity index is 1.85. The number of benzene rings is 1. The molecule has 0 bridgehead atoms. The lowest BCUT2D eigenvalue weighted by Crippen LogP contribution is -2.26. The quantitative estimate of drug-likeness (QED) is 0.489. The third kappa shape index (κ3) is 4.80. The summed E-state index contributed by atoms with van der Waals surface area (Å²) in [6.07, 6.45) is 0.442. The second-order valence-corrected chi connectivity index (χ2v) is 5.76. The Bertz CT molecular complexity index is 999. The number of hydrogen-bond acceptors (Lipinski definition) is 7. The number of nitrogens with one attached hydrogen (secondary N) is 1. The van der Waals surface area contributed by atoms with Gasteiger partial charge in [-0.15, -0.1) is 0 Å². The predicted molar refractivity (Wildman–Crippen MR) is 102 cm³/mol. The van der Waals surface area contributed by atoms with E-state index in [4.69, 9.17) is 24.7 Å². The van der Waals surface area contributed by atoms with E-state index >= 15 is 0 Å². The molecular formula is C19H18N4O6. The molecule has 3 aromatic rings. The maximum atomic E-state index is 11.5. The Morgan fingerprint density at radius 3 is 2.48 bits per heavy atom. The third-order valence-electron chi connectivity index (χ3n) is 3.82. The van der Waals surface area contributed by atoms with Gasteiger partial charge in [0.2, 0.25) is 5.88 Å². The molecule has 2 amide bonds. The van der Waals surface area contributed by atoms with Crippen molar-refractivity contribution in [3.63, 3.8) is 0 Å². The number of carboxylic acid groups (broad SMARTS) is 1. The van der Waals surface area contributed by atoms with Crippen molar-refractivity contribution in [1.29, 1.82) is 0 Å². The van der Waals surface area contributed by atoms with Gasteiger partial charge >= 0.3 is 12.0 Å². The molecule has 0 fully saturated rings. The molecule has 150 valence electrons. The summed E-state index contributed by atoms with van der Waals surface area (Å²) < 4.78 is 16.1. The highest BCUT2D eigenvalue weighted by molar-refractivity contribution is 5.90. The van der Waals surface area contributed by atoms with Crippen LogP contribution < -0.4 is 20.5 Å². The molecule has 0 aliphatic carbocycles. The molecular weight excluding hydrogens is 380 g/mol. The van der Waals surface area contributed by atoms with Crippen LogP contribution in [0.4, 0.5) is 4.79 Å². The molecule has 0 radical (unpaired) electrons. The second-order valence-electron chi connectivity index (χ2n) is 5.76. The molecule has 2 heterocycles. The van der Waals surface area contributed by atoms with Gasteiger partial charge < -0.3 is 30.0 Å². The van der Waals surface area contributed by atoms with Gasteiger partial charge in [0.25, 0.3) is 5.89 Å². The Kier molecular flexibility index (Phi) is 5.93. The number of ether oxygens (including phenoxy) is 2. The summed E-state index contributed by atoms with van der Waals surface area (Å²) in [5, 5.41) is 10.7. The van der Waals surface area contributed by atoms with E-state index in [0.29, 0.717) is 34.2 Å². The molecule has 0 aliphatic heterocycles. The van der Waals surface area contributed by atoms with E-state index in [-0.39, 0.29) is 19.0 Å². The predicted octanol–water partition coefficient (Wildman–Crippen LogP) is 2.16. The number of nitrogens with zero attached hydrogens (tertiary/aromatic N) is 2. The van der Waals surface area contributed by atoms with E-state index in [1.54, 1.807) is 42.6 Å². The van der Waals surface area contributed by atoms with Crippen molar-refractivity contribution in [2.75, 3.05) is 20.3 Å². The number of hydrogen-bond donors (Lipinski definition) is 3. The maximum absolute atomic E-state index is 11.5. The zero-order chi connectivity index (χ0) is 20.8. The first-order chi connectivity index (χ1) is 14.0. The van der Waals surface area contributed by atoms with E-state index in [0.717, 1.165) is 0 Å². The van der Waals surface area contributed by atoms with Crippen LogP contribution >= 0.6 is 0 Å². The highest BCUT2D eigenvalue weighted by atomic mass is 16.5. The zero-order valence-corrected chi connectivity index (χ0v) is 15.4. The summed E-state index contributed by atoms with van der Waals surface area (Å²) in [4.78, 5) is 30.3. The summed E-state index contributed by atoms with van der Waals surface area (Å²) in [6, 6.07) is 10.2. The normalized spacial score (nSPS) is 10.4. The van der Waals surface area contributed by atoms with Gasteiger partial charge in [-0.2, -0.15) is 0 Å². The Morgan fingerprint density at radius 2 is 1.90 bits per heavy atom. The van der Waals surface area contributed by atoms with Crippen LogP contribution in [0.15, 0.2) is 47.0 Å². The van der Waals surface area contributed by atoms with Crippen molar-refractivity contribution in [3.8, 4) is 34.2 Å². The minimum Gasteiger partial charge on any atom is -0.492 e. The van der Waals surface area contributed by atoms with Crippen molar-refractivity contribution in [2.24, 2.45) is 5.73 Å². The van der Waals surface area contributed by atoms with Gasteiger partial charge in [-0.05, 0) is 30.3 Å². The number of amides is 2.